The lowest BCUT2D eigenvalue weighted by Gasteiger charge is -2.33. The highest BCUT2D eigenvalue weighted by atomic mass is 35.5. The second-order valence-corrected chi connectivity index (χ2v) is 10.8. The number of nitrogens with one attached hydrogen (secondary N) is 1. The van der Waals surface area contributed by atoms with Gasteiger partial charge in [0.25, 0.3) is 0 Å². The van der Waals surface area contributed by atoms with Crippen molar-refractivity contribution in [1.82, 2.24) is 10.2 Å². The van der Waals surface area contributed by atoms with E-state index in [4.69, 9.17) is 11.6 Å². The first kappa shape index (κ1) is 27.7. The van der Waals surface area contributed by atoms with Crippen molar-refractivity contribution in [3.8, 4) is 0 Å². The first-order valence-corrected chi connectivity index (χ1v) is 13.6. The van der Waals surface area contributed by atoms with Crippen LogP contribution in [0.3, 0.4) is 0 Å². The van der Waals surface area contributed by atoms with Gasteiger partial charge in [-0.15, -0.1) is 0 Å². The summed E-state index contributed by atoms with van der Waals surface area (Å²) in [5, 5.41) is 3.16. The number of rotatable bonds is 11. The number of nitrogens with zero attached hydrogens (tertiary/aromatic N) is 2. The molecule has 0 aliphatic rings. The smallest absolute Gasteiger partial charge is 0.244 e. The minimum Gasteiger partial charge on any atom is -0.352 e. The predicted molar refractivity (Wildman–Crippen MR) is 137 cm³/mol. The van der Waals surface area contributed by atoms with E-state index in [2.05, 4.69) is 5.32 Å². The van der Waals surface area contributed by atoms with Gasteiger partial charge in [0.05, 0.1) is 17.0 Å². The normalized spacial score (nSPS) is 13.1. The van der Waals surface area contributed by atoms with Gasteiger partial charge in [-0.05, 0) is 44.4 Å². The Bertz CT molecular complexity index is 1090. The van der Waals surface area contributed by atoms with Crippen LogP contribution in [0.1, 0.15) is 44.7 Å². The van der Waals surface area contributed by atoms with Crippen LogP contribution in [0, 0.1) is 6.92 Å². The highest BCUT2D eigenvalue weighted by Crippen LogP contribution is 2.27. The summed E-state index contributed by atoms with van der Waals surface area (Å²) < 4.78 is 26.2. The Morgan fingerprint density at radius 1 is 1.03 bits per heavy atom. The zero-order valence-electron chi connectivity index (χ0n) is 20.4. The number of aryl methyl sites for hydroxylation is 1. The molecule has 0 unspecified atom stereocenters. The molecule has 9 heteroatoms. The lowest BCUT2D eigenvalue weighted by molar-refractivity contribution is -0.140. The molecule has 0 spiro atoms. The van der Waals surface area contributed by atoms with Crippen LogP contribution < -0.4 is 9.62 Å². The van der Waals surface area contributed by atoms with E-state index in [1.165, 1.54) is 4.90 Å². The zero-order chi connectivity index (χ0) is 25.5. The highest BCUT2D eigenvalue weighted by molar-refractivity contribution is 7.92. The average Bonchev–Trinajstić information content (AvgIpc) is 2.78. The fraction of sp³-hybridized carbons (Fsp3) is 0.440. The van der Waals surface area contributed by atoms with Crippen LogP contribution in [0.15, 0.2) is 48.5 Å². The van der Waals surface area contributed by atoms with E-state index in [1.807, 2.05) is 52.0 Å². The third kappa shape index (κ3) is 7.46. The average molecular weight is 508 g/mol. The Hall–Kier alpha value is -2.58. The van der Waals surface area contributed by atoms with Gasteiger partial charge in [0.15, 0.2) is 0 Å². The molecule has 0 saturated carbocycles. The molecule has 0 fully saturated rings. The fourth-order valence-electron chi connectivity index (χ4n) is 3.50. The molecule has 0 aromatic heterocycles. The molecule has 2 aromatic carbocycles. The summed E-state index contributed by atoms with van der Waals surface area (Å²) in [6.07, 6.45) is 2.16. The number of carbonyl (C=O) groups is 2. The predicted octanol–water partition coefficient (Wildman–Crippen LogP) is 4.14. The van der Waals surface area contributed by atoms with Crippen molar-refractivity contribution >= 4 is 39.1 Å². The fourth-order valence-corrected chi connectivity index (χ4v) is 4.65. The van der Waals surface area contributed by atoms with Gasteiger partial charge in [0.1, 0.15) is 12.6 Å². The van der Waals surface area contributed by atoms with Crippen LogP contribution in [-0.2, 0) is 26.2 Å². The largest absolute Gasteiger partial charge is 0.352 e. The second kappa shape index (κ2) is 12.2. The van der Waals surface area contributed by atoms with Crippen LogP contribution >= 0.6 is 11.6 Å². The molecular weight excluding hydrogens is 474 g/mol. The maximum atomic E-state index is 13.6. The molecule has 34 heavy (non-hydrogen) atoms. The lowest BCUT2D eigenvalue weighted by atomic mass is 10.1. The summed E-state index contributed by atoms with van der Waals surface area (Å²) in [6.45, 7) is 7.37. The second-order valence-electron chi connectivity index (χ2n) is 8.47. The first-order valence-electron chi connectivity index (χ1n) is 11.4. The molecule has 2 atom stereocenters. The Morgan fingerprint density at radius 2 is 1.65 bits per heavy atom. The SMILES string of the molecule is CC[C@H](C(=O)N[C@@H](C)CC)N(Cc1ccc(C)cc1)C(=O)CN(c1ccccc1Cl)S(C)(=O)=O. The number of para-hydroxylation sites is 1. The van der Waals surface area contributed by atoms with Gasteiger partial charge >= 0.3 is 0 Å². The van der Waals surface area contributed by atoms with E-state index in [-0.39, 0.29) is 29.2 Å². The molecule has 0 heterocycles. The summed E-state index contributed by atoms with van der Waals surface area (Å²) in [5.41, 5.74) is 2.13. The molecule has 2 aromatic rings. The van der Waals surface area contributed by atoms with Gasteiger partial charge in [0, 0.05) is 12.6 Å². The Balaban J connectivity index is 2.44. The molecule has 186 valence electrons. The van der Waals surface area contributed by atoms with E-state index < -0.39 is 28.5 Å². The highest BCUT2D eigenvalue weighted by Gasteiger charge is 2.32. The summed E-state index contributed by atoms with van der Waals surface area (Å²) in [6, 6.07) is 13.3. The zero-order valence-corrected chi connectivity index (χ0v) is 22.0. The lowest BCUT2D eigenvalue weighted by Crippen LogP contribution is -2.53. The van der Waals surface area contributed by atoms with E-state index in [0.717, 1.165) is 28.1 Å². The maximum absolute atomic E-state index is 13.6. The van der Waals surface area contributed by atoms with Crippen molar-refractivity contribution in [2.24, 2.45) is 0 Å². The molecule has 1 N–H and O–H groups in total. The van der Waals surface area contributed by atoms with Gasteiger partial charge in [-0.1, -0.05) is 67.4 Å². The standard InChI is InChI=1S/C25H34ClN3O4S/c1-6-19(4)27-25(31)22(7-2)28(16-20-14-12-18(3)13-15-20)24(30)17-29(34(5,32)33)23-11-9-8-10-21(23)26/h8-15,19,22H,6-7,16-17H2,1-5H3,(H,27,31)/t19-,22+/m0/s1. The van der Waals surface area contributed by atoms with Gasteiger partial charge in [-0.3, -0.25) is 13.9 Å². The maximum Gasteiger partial charge on any atom is 0.244 e. The molecule has 7 nitrogen and oxygen atoms in total. The van der Waals surface area contributed by atoms with E-state index in [0.29, 0.717) is 6.42 Å². The van der Waals surface area contributed by atoms with Crippen molar-refractivity contribution in [2.45, 2.75) is 59.2 Å². The molecule has 0 aliphatic heterocycles. The van der Waals surface area contributed by atoms with Crippen LogP contribution in [0.25, 0.3) is 0 Å². The topological polar surface area (TPSA) is 86.8 Å². The van der Waals surface area contributed by atoms with Crippen molar-refractivity contribution in [2.75, 3.05) is 17.1 Å². The van der Waals surface area contributed by atoms with Gasteiger partial charge in [-0.25, -0.2) is 8.42 Å². The third-order valence-electron chi connectivity index (χ3n) is 5.66. The number of hydrogen-bond acceptors (Lipinski definition) is 4. The summed E-state index contributed by atoms with van der Waals surface area (Å²) in [7, 11) is -3.82. The number of amides is 2. The first-order chi connectivity index (χ1) is 16.0. The molecular formula is C25H34ClN3O4S. The molecule has 2 amide bonds. The molecule has 0 saturated heterocycles. The molecule has 0 bridgehead atoms. The Morgan fingerprint density at radius 3 is 2.18 bits per heavy atom. The Labute approximate surface area is 208 Å². The number of anilines is 1. The number of halogens is 1. The minimum atomic E-state index is -3.82. The number of sulfonamides is 1. The molecule has 0 radical (unpaired) electrons. The molecule has 2 rings (SSSR count). The van der Waals surface area contributed by atoms with Crippen LogP contribution in [0.4, 0.5) is 5.69 Å². The van der Waals surface area contributed by atoms with Crippen molar-refractivity contribution in [3.63, 3.8) is 0 Å². The van der Waals surface area contributed by atoms with Crippen molar-refractivity contribution in [1.29, 1.82) is 0 Å². The summed E-state index contributed by atoms with van der Waals surface area (Å²) >= 11 is 6.25. The monoisotopic (exact) mass is 507 g/mol. The number of hydrogen-bond donors (Lipinski definition) is 1. The van der Waals surface area contributed by atoms with Crippen LogP contribution in [0.2, 0.25) is 5.02 Å². The van der Waals surface area contributed by atoms with E-state index >= 15 is 0 Å². The van der Waals surface area contributed by atoms with E-state index in [1.54, 1.807) is 24.3 Å². The van der Waals surface area contributed by atoms with Crippen molar-refractivity contribution in [3.05, 3.63) is 64.7 Å². The summed E-state index contributed by atoms with van der Waals surface area (Å²) in [4.78, 5) is 28.2. The van der Waals surface area contributed by atoms with Gasteiger partial charge in [0.2, 0.25) is 21.8 Å². The third-order valence-corrected chi connectivity index (χ3v) is 7.11. The van der Waals surface area contributed by atoms with Crippen LogP contribution in [-0.4, -0.2) is 50.0 Å². The number of benzene rings is 2. The number of carbonyl (C=O) groups excluding carboxylic acids is 2. The minimum absolute atomic E-state index is 0.0477. The summed E-state index contributed by atoms with van der Waals surface area (Å²) in [5.74, 6) is -0.752. The van der Waals surface area contributed by atoms with Gasteiger partial charge in [-0.2, -0.15) is 0 Å². The van der Waals surface area contributed by atoms with Crippen LogP contribution in [0.5, 0.6) is 0 Å². The quantitative estimate of drug-likeness (QED) is 0.495. The molecule has 0 aliphatic carbocycles. The van der Waals surface area contributed by atoms with E-state index in [9.17, 15) is 18.0 Å². The van der Waals surface area contributed by atoms with Gasteiger partial charge < -0.3 is 10.2 Å². The Kier molecular flexibility index (Phi) is 9.94. The van der Waals surface area contributed by atoms with Crippen molar-refractivity contribution < 1.29 is 18.0 Å².